The Morgan fingerprint density at radius 2 is 1.50 bits per heavy atom. The molecule has 0 aliphatic heterocycles. The first-order valence-electron chi connectivity index (χ1n) is 11.5. The van der Waals surface area contributed by atoms with E-state index in [4.69, 9.17) is 5.48 Å². The van der Waals surface area contributed by atoms with E-state index >= 15 is 0 Å². The predicted octanol–water partition coefficient (Wildman–Crippen LogP) is 7.31. The number of hydrogen-bond donors (Lipinski definition) is 0. The second-order valence-corrected chi connectivity index (χ2v) is 7.30. The summed E-state index contributed by atoms with van der Waals surface area (Å²) in [6, 6.07) is -0.503. The van der Waals surface area contributed by atoms with Crippen LogP contribution in [-0.4, -0.2) is 0 Å². The maximum atomic E-state index is 14.9. The van der Waals surface area contributed by atoms with Crippen LogP contribution in [0.1, 0.15) is 62.9 Å². The molecule has 1 aliphatic rings. The highest BCUT2D eigenvalue weighted by atomic mass is 19.1. The zero-order chi connectivity index (χ0) is 22.0. The quantitative estimate of drug-likeness (QED) is 0.504. The second kappa shape index (κ2) is 8.75. The van der Waals surface area contributed by atoms with E-state index in [1.807, 2.05) is 0 Å². The highest BCUT2D eigenvalue weighted by molar-refractivity contribution is 5.64. The summed E-state index contributed by atoms with van der Waals surface area (Å²) in [5.41, 5.74) is -0.396. The molecule has 26 heavy (non-hydrogen) atoms. The normalized spacial score (nSPS) is 22.5. The number of benzene rings is 2. The average Bonchev–Trinajstić information content (AvgIpc) is 2.74. The zero-order valence-electron chi connectivity index (χ0n) is 19.1. The Balaban J connectivity index is 1.79. The van der Waals surface area contributed by atoms with Gasteiger partial charge in [0.1, 0.15) is 17.5 Å². The van der Waals surface area contributed by atoms with Crippen LogP contribution < -0.4 is 0 Å². The van der Waals surface area contributed by atoms with Gasteiger partial charge in [-0.15, -0.1) is 0 Å². The van der Waals surface area contributed by atoms with E-state index in [-0.39, 0.29) is 11.6 Å². The van der Waals surface area contributed by atoms with Gasteiger partial charge >= 0.3 is 0 Å². The van der Waals surface area contributed by atoms with Crippen molar-refractivity contribution in [2.75, 3.05) is 0 Å². The summed E-state index contributed by atoms with van der Waals surface area (Å²) >= 11 is 0. The van der Waals surface area contributed by atoms with Crippen molar-refractivity contribution in [2.45, 2.75) is 58.3 Å². The van der Waals surface area contributed by atoms with Crippen molar-refractivity contribution in [3.8, 4) is 11.1 Å². The number of halogens is 3. The van der Waals surface area contributed by atoms with E-state index < -0.39 is 41.1 Å². The predicted molar refractivity (Wildman–Crippen MR) is 100 cm³/mol. The number of aryl methyl sites for hydroxylation is 1. The standard InChI is InChI=1S/C23H27F3/c1-2-3-16-4-6-17(7-5-16)8-9-18-10-11-22(23(26)12-18)19-13-20(24)15-21(25)14-19/h10-17H,2-9H2,1H3/i12D,13D,14D,15D. The van der Waals surface area contributed by atoms with Crippen molar-refractivity contribution in [3.63, 3.8) is 0 Å². The fourth-order valence-electron chi connectivity index (χ4n) is 3.97. The lowest BCUT2D eigenvalue weighted by atomic mass is 9.78. The third-order valence-electron chi connectivity index (χ3n) is 5.40. The monoisotopic (exact) mass is 364 g/mol. The van der Waals surface area contributed by atoms with Crippen LogP contribution in [0.15, 0.2) is 36.3 Å². The lowest BCUT2D eigenvalue weighted by Crippen LogP contribution is -2.15. The molecule has 0 amide bonds. The van der Waals surface area contributed by atoms with Crippen molar-refractivity contribution in [1.29, 1.82) is 0 Å². The largest absolute Gasteiger partial charge is 0.207 e. The van der Waals surface area contributed by atoms with E-state index in [9.17, 15) is 13.2 Å². The molecule has 1 saturated carbocycles. The molecule has 0 radical (unpaired) electrons. The van der Waals surface area contributed by atoms with Gasteiger partial charge in [0.15, 0.2) is 0 Å². The van der Waals surface area contributed by atoms with Crippen molar-refractivity contribution in [2.24, 2.45) is 11.8 Å². The average molecular weight is 364 g/mol. The van der Waals surface area contributed by atoms with Crippen molar-refractivity contribution in [3.05, 3.63) is 59.3 Å². The van der Waals surface area contributed by atoms with Crippen molar-refractivity contribution < 1.29 is 18.7 Å². The Hall–Kier alpha value is -1.77. The first-order chi connectivity index (χ1) is 14.3. The van der Waals surface area contributed by atoms with Gasteiger partial charge in [-0.05, 0) is 53.9 Å². The molecule has 0 heterocycles. The van der Waals surface area contributed by atoms with Crippen molar-refractivity contribution in [1.82, 2.24) is 0 Å². The molecule has 0 saturated heterocycles. The smallest absolute Gasteiger partial charge is 0.131 e. The van der Waals surface area contributed by atoms with E-state index in [2.05, 4.69) is 6.92 Å². The maximum Gasteiger partial charge on any atom is 0.131 e. The fraction of sp³-hybridized carbons (Fsp3) is 0.478. The van der Waals surface area contributed by atoms with Crippen LogP contribution in [0.4, 0.5) is 13.2 Å². The highest BCUT2D eigenvalue weighted by Crippen LogP contribution is 2.34. The van der Waals surface area contributed by atoms with Gasteiger partial charge in [-0.25, -0.2) is 13.2 Å². The number of hydrogen-bond acceptors (Lipinski definition) is 0. The summed E-state index contributed by atoms with van der Waals surface area (Å²) in [4.78, 5) is 0. The van der Waals surface area contributed by atoms with Gasteiger partial charge in [-0.3, -0.25) is 0 Å². The molecule has 2 aromatic rings. The summed E-state index contributed by atoms with van der Waals surface area (Å²) < 4.78 is 73.9. The van der Waals surface area contributed by atoms with Crippen LogP contribution in [0.3, 0.4) is 0 Å². The van der Waals surface area contributed by atoms with E-state index in [0.717, 1.165) is 25.2 Å². The molecular formula is C23H27F3. The third-order valence-corrected chi connectivity index (χ3v) is 5.40. The molecule has 3 heteroatoms. The Labute approximate surface area is 160 Å². The summed E-state index contributed by atoms with van der Waals surface area (Å²) in [6.45, 7) is 2.21. The minimum absolute atomic E-state index is 0.350. The SMILES string of the molecule is [2H]c1c(CCC2CCC(CCC)CC2)ccc(-c2c([2H])c(F)c([2H])c(F)c2[2H])c1F. The first-order valence-corrected chi connectivity index (χ1v) is 9.49. The van der Waals surface area contributed by atoms with Gasteiger partial charge in [-0.1, -0.05) is 57.6 Å². The molecule has 0 bridgehead atoms. The van der Waals surface area contributed by atoms with Crippen LogP contribution in [0.5, 0.6) is 0 Å². The Bertz CT molecular complexity index is 892. The highest BCUT2D eigenvalue weighted by Gasteiger charge is 2.20. The van der Waals surface area contributed by atoms with Crippen LogP contribution in [-0.2, 0) is 6.42 Å². The van der Waals surface area contributed by atoms with Gasteiger partial charge in [0.25, 0.3) is 0 Å². The van der Waals surface area contributed by atoms with Gasteiger partial charge in [0.2, 0.25) is 0 Å². The molecule has 2 aromatic carbocycles. The fourth-order valence-corrected chi connectivity index (χ4v) is 3.97. The topological polar surface area (TPSA) is 0 Å². The van der Waals surface area contributed by atoms with Crippen LogP contribution >= 0.6 is 0 Å². The molecule has 0 unspecified atom stereocenters. The molecule has 1 fully saturated rings. The molecule has 0 aromatic heterocycles. The Morgan fingerprint density at radius 3 is 2.12 bits per heavy atom. The minimum Gasteiger partial charge on any atom is -0.207 e. The van der Waals surface area contributed by atoms with E-state index in [0.29, 0.717) is 17.9 Å². The van der Waals surface area contributed by atoms with Crippen LogP contribution in [0, 0.1) is 29.3 Å². The summed E-state index contributed by atoms with van der Waals surface area (Å²) in [7, 11) is 0. The van der Waals surface area contributed by atoms with E-state index in [1.54, 1.807) is 6.07 Å². The summed E-state index contributed by atoms with van der Waals surface area (Å²) in [6.07, 6.45) is 8.66. The lowest BCUT2D eigenvalue weighted by molar-refractivity contribution is 0.252. The van der Waals surface area contributed by atoms with Crippen LogP contribution in [0.25, 0.3) is 11.1 Å². The molecule has 3 rings (SSSR count). The number of rotatable bonds is 6. The molecule has 0 N–H and O–H groups in total. The van der Waals surface area contributed by atoms with E-state index in [1.165, 1.54) is 31.7 Å². The first kappa shape index (κ1) is 14.3. The molecule has 1 aliphatic carbocycles. The third kappa shape index (κ3) is 4.90. The van der Waals surface area contributed by atoms with Gasteiger partial charge < -0.3 is 0 Å². The molecular weight excluding hydrogens is 333 g/mol. The molecule has 0 nitrogen and oxygen atoms in total. The van der Waals surface area contributed by atoms with Gasteiger partial charge in [0, 0.05) is 11.6 Å². The Kier molecular flexibility index (Phi) is 4.81. The summed E-state index contributed by atoms with van der Waals surface area (Å²) in [5.74, 6) is -2.49. The molecule has 140 valence electrons. The lowest BCUT2D eigenvalue weighted by Gasteiger charge is -2.28. The van der Waals surface area contributed by atoms with Crippen LogP contribution in [0.2, 0.25) is 0 Å². The van der Waals surface area contributed by atoms with Gasteiger partial charge in [-0.2, -0.15) is 0 Å². The summed E-state index contributed by atoms with van der Waals surface area (Å²) in [5, 5.41) is 0. The second-order valence-electron chi connectivity index (χ2n) is 7.30. The molecule has 0 spiro atoms. The zero-order valence-corrected chi connectivity index (χ0v) is 15.1. The maximum absolute atomic E-state index is 14.9. The molecule has 0 atom stereocenters. The van der Waals surface area contributed by atoms with Gasteiger partial charge in [0.05, 0.1) is 5.48 Å². The Morgan fingerprint density at radius 1 is 0.885 bits per heavy atom. The van der Waals surface area contributed by atoms with Crippen molar-refractivity contribution >= 4 is 0 Å². The minimum atomic E-state index is -1.44.